The summed E-state index contributed by atoms with van der Waals surface area (Å²) in [7, 11) is 1.59. The molecule has 2 aromatic carbocycles. The van der Waals surface area contributed by atoms with Crippen LogP contribution in [0.25, 0.3) is 0 Å². The van der Waals surface area contributed by atoms with Crippen LogP contribution >= 0.6 is 0 Å². The molecule has 0 aromatic heterocycles. The van der Waals surface area contributed by atoms with Crippen molar-refractivity contribution >= 4 is 23.4 Å². The standard InChI is InChI=1S/C22H25N3O4/c1-15(26)23-19-5-3-4-17(14-19)21(27)24-18-10-12-25(13-11-18)22(28)16-6-8-20(29-2)9-7-16/h3-9,14,18H,10-13H2,1-2H3,(H,23,26)(H,24,27). The molecule has 2 N–H and O–H groups in total. The normalized spacial score (nSPS) is 14.2. The maximum atomic E-state index is 12.6. The van der Waals surface area contributed by atoms with Crippen molar-refractivity contribution in [1.29, 1.82) is 0 Å². The minimum absolute atomic E-state index is 0.00633. The molecule has 7 heteroatoms. The minimum atomic E-state index is -0.184. The average molecular weight is 395 g/mol. The molecule has 152 valence electrons. The molecule has 0 unspecified atom stereocenters. The fraction of sp³-hybridized carbons (Fsp3) is 0.318. The molecule has 1 heterocycles. The van der Waals surface area contributed by atoms with E-state index in [0.29, 0.717) is 48.5 Å². The van der Waals surface area contributed by atoms with Crippen LogP contribution in [-0.2, 0) is 4.79 Å². The second-order valence-electron chi connectivity index (χ2n) is 7.03. The third-order valence-corrected chi connectivity index (χ3v) is 4.90. The molecule has 1 aliphatic heterocycles. The Morgan fingerprint density at radius 3 is 2.31 bits per heavy atom. The zero-order chi connectivity index (χ0) is 20.8. The van der Waals surface area contributed by atoms with Crippen molar-refractivity contribution in [3.8, 4) is 5.75 Å². The lowest BCUT2D eigenvalue weighted by Crippen LogP contribution is -2.46. The lowest BCUT2D eigenvalue weighted by atomic mass is 10.0. The molecule has 0 spiro atoms. The van der Waals surface area contributed by atoms with Gasteiger partial charge in [-0.2, -0.15) is 0 Å². The lowest BCUT2D eigenvalue weighted by molar-refractivity contribution is -0.114. The molecule has 0 bridgehead atoms. The van der Waals surface area contributed by atoms with Crippen molar-refractivity contribution in [2.75, 3.05) is 25.5 Å². The Balaban J connectivity index is 1.53. The number of hydrogen-bond donors (Lipinski definition) is 2. The van der Waals surface area contributed by atoms with E-state index in [1.807, 2.05) is 4.90 Å². The highest BCUT2D eigenvalue weighted by atomic mass is 16.5. The first kappa shape index (κ1) is 20.4. The van der Waals surface area contributed by atoms with Gasteiger partial charge in [-0.1, -0.05) is 6.07 Å². The second kappa shape index (κ2) is 9.23. The highest BCUT2D eigenvalue weighted by Gasteiger charge is 2.25. The van der Waals surface area contributed by atoms with Crippen LogP contribution in [0.1, 0.15) is 40.5 Å². The van der Waals surface area contributed by atoms with Gasteiger partial charge in [-0.05, 0) is 55.3 Å². The predicted molar refractivity (Wildman–Crippen MR) is 110 cm³/mol. The molecule has 1 aliphatic rings. The third-order valence-electron chi connectivity index (χ3n) is 4.90. The van der Waals surface area contributed by atoms with Gasteiger partial charge >= 0.3 is 0 Å². The Kier molecular flexibility index (Phi) is 6.49. The fourth-order valence-electron chi connectivity index (χ4n) is 3.35. The van der Waals surface area contributed by atoms with E-state index in [-0.39, 0.29) is 23.8 Å². The molecule has 0 atom stereocenters. The van der Waals surface area contributed by atoms with Gasteiger partial charge in [-0.25, -0.2) is 0 Å². The van der Waals surface area contributed by atoms with Crippen LogP contribution in [0.4, 0.5) is 5.69 Å². The van der Waals surface area contributed by atoms with Gasteiger partial charge in [0.25, 0.3) is 11.8 Å². The summed E-state index contributed by atoms with van der Waals surface area (Å²) in [6.07, 6.45) is 1.39. The first-order valence-electron chi connectivity index (χ1n) is 9.58. The van der Waals surface area contributed by atoms with E-state index in [1.54, 1.807) is 55.6 Å². The molecule has 2 aromatic rings. The van der Waals surface area contributed by atoms with Crippen LogP contribution in [0.2, 0.25) is 0 Å². The number of nitrogens with zero attached hydrogens (tertiary/aromatic N) is 1. The van der Waals surface area contributed by atoms with Crippen molar-refractivity contribution in [2.45, 2.75) is 25.8 Å². The van der Waals surface area contributed by atoms with E-state index in [9.17, 15) is 14.4 Å². The zero-order valence-corrected chi connectivity index (χ0v) is 16.6. The number of anilines is 1. The van der Waals surface area contributed by atoms with Crippen molar-refractivity contribution in [3.63, 3.8) is 0 Å². The maximum Gasteiger partial charge on any atom is 0.253 e. The summed E-state index contributed by atoms with van der Waals surface area (Å²) in [4.78, 5) is 38.2. The third kappa shape index (κ3) is 5.34. The van der Waals surface area contributed by atoms with Gasteiger partial charge in [0.05, 0.1) is 7.11 Å². The number of rotatable bonds is 5. The Hall–Kier alpha value is -3.35. The highest BCUT2D eigenvalue weighted by molar-refractivity contribution is 5.97. The summed E-state index contributed by atoms with van der Waals surface area (Å²) < 4.78 is 5.12. The van der Waals surface area contributed by atoms with Crippen LogP contribution in [0.3, 0.4) is 0 Å². The summed E-state index contributed by atoms with van der Waals surface area (Å²) in [5.41, 5.74) is 1.71. The smallest absolute Gasteiger partial charge is 0.253 e. The molecular weight excluding hydrogens is 370 g/mol. The van der Waals surface area contributed by atoms with Crippen molar-refractivity contribution < 1.29 is 19.1 Å². The summed E-state index contributed by atoms with van der Waals surface area (Å²) in [6, 6.07) is 13.9. The van der Waals surface area contributed by atoms with Gasteiger partial charge < -0.3 is 20.3 Å². The van der Waals surface area contributed by atoms with E-state index in [2.05, 4.69) is 10.6 Å². The SMILES string of the molecule is COc1ccc(C(=O)N2CCC(NC(=O)c3cccc(NC(C)=O)c3)CC2)cc1. The highest BCUT2D eigenvalue weighted by Crippen LogP contribution is 2.18. The van der Waals surface area contributed by atoms with E-state index in [1.165, 1.54) is 6.92 Å². The van der Waals surface area contributed by atoms with Gasteiger partial charge in [-0.3, -0.25) is 14.4 Å². The molecule has 1 saturated heterocycles. The molecule has 1 fully saturated rings. The van der Waals surface area contributed by atoms with E-state index in [4.69, 9.17) is 4.74 Å². The van der Waals surface area contributed by atoms with Crippen LogP contribution in [0.15, 0.2) is 48.5 Å². The predicted octanol–water partition coefficient (Wildman–Crippen LogP) is 2.69. The average Bonchev–Trinajstić information content (AvgIpc) is 2.73. The van der Waals surface area contributed by atoms with Crippen molar-refractivity contribution in [1.82, 2.24) is 10.2 Å². The Labute approximate surface area is 170 Å². The Morgan fingerprint density at radius 2 is 1.69 bits per heavy atom. The van der Waals surface area contributed by atoms with Crippen molar-refractivity contribution in [2.24, 2.45) is 0 Å². The van der Waals surface area contributed by atoms with Gasteiger partial charge in [0, 0.05) is 42.9 Å². The van der Waals surface area contributed by atoms with Gasteiger partial charge in [0.1, 0.15) is 5.75 Å². The minimum Gasteiger partial charge on any atom is -0.497 e. The first-order chi connectivity index (χ1) is 14.0. The molecule has 7 nitrogen and oxygen atoms in total. The summed E-state index contributed by atoms with van der Waals surface area (Å²) in [6.45, 7) is 2.59. The van der Waals surface area contributed by atoms with Gasteiger partial charge in [-0.15, -0.1) is 0 Å². The monoisotopic (exact) mass is 395 g/mol. The number of carbonyl (C=O) groups excluding carboxylic acids is 3. The van der Waals surface area contributed by atoms with Crippen LogP contribution in [0.5, 0.6) is 5.75 Å². The van der Waals surface area contributed by atoms with E-state index in [0.717, 1.165) is 0 Å². The van der Waals surface area contributed by atoms with Gasteiger partial charge in [0.2, 0.25) is 5.91 Å². The number of nitrogens with one attached hydrogen (secondary N) is 2. The summed E-state index contributed by atoms with van der Waals surface area (Å²) >= 11 is 0. The number of carbonyl (C=O) groups is 3. The zero-order valence-electron chi connectivity index (χ0n) is 16.6. The molecule has 0 aliphatic carbocycles. The molecule has 3 rings (SSSR count). The quantitative estimate of drug-likeness (QED) is 0.815. The second-order valence-corrected chi connectivity index (χ2v) is 7.03. The summed E-state index contributed by atoms with van der Waals surface area (Å²) in [5.74, 6) is 0.333. The molecule has 29 heavy (non-hydrogen) atoms. The number of likely N-dealkylation sites (tertiary alicyclic amines) is 1. The summed E-state index contributed by atoms with van der Waals surface area (Å²) in [5, 5.41) is 5.70. The lowest BCUT2D eigenvalue weighted by Gasteiger charge is -2.32. The fourth-order valence-corrected chi connectivity index (χ4v) is 3.35. The molecule has 0 saturated carbocycles. The first-order valence-corrected chi connectivity index (χ1v) is 9.58. The Bertz CT molecular complexity index is 887. The number of ether oxygens (including phenoxy) is 1. The number of benzene rings is 2. The van der Waals surface area contributed by atoms with Crippen molar-refractivity contribution in [3.05, 3.63) is 59.7 Å². The van der Waals surface area contributed by atoms with E-state index < -0.39 is 0 Å². The Morgan fingerprint density at radius 1 is 1.00 bits per heavy atom. The van der Waals surface area contributed by atoms with Crippen LogP contribution in [-0.4, -0.2) is 48.9 Å². The van der Waals surface area contributed by atoms with Crippen LogP contribution in [0, 0.1) is 0 Å². The topological polar surface area (TPSA) is 87.7 Å². The molecule has 3 amide bonds. The molecular formula is C22H25N3O4. The maximum absolute atomic E-state index is 12.6. The number of piperidine rings is 1. The number of methoxy groups -OCH3 is 1. The molecule has 0 radical (unpaired) electrons. The number of hydrogen-bond acceptors (Lipinski definition) is 4. The number of amides is 3. The van der Waals surface area contributed by atoms with Crippen LogP contribution < -0.4 is 15.4 Å². The van der Waals surface area contributed by atoms with E-state index >= 15 is 0 Å². The largest absolute Gasteiger partial charge is 0.497 e. The van der Waals surface area contributed by atoms with Gasteiger partial charge in [0.15, 0.2) is 0 Å².